The minimum atomic E-state index is -4.04. The lowest BCUT2D eigenvalue weighted by Crippen LogP contribution is -2.49. The second-order valence-electron chi connectivity index (χ2n) is 5.33. The fraction of sp³-hybridized carbons (Fsp3) is 0.500. The lowest BCUT2D eigenvalue weighted by Gasteiger charge is -2.36. The standard InChI is InChI=1S/C14H18FNO4S/c1-9-5-3-7-12(15)13(9)21(19,20)16-8-4-6-11(10(16)2)14(17)18/h3,5,7,10-11H,4,6,8H2,1-2H3,(H,17,18)/t10-,11-/m1/s1. The second-order valence-corrected chi connectivity index (χ2v) is 7.16. The molecule has 0 spiro atoms. The van der Waals surface area contributed by atoms with E-state index in [2.05, 4.69) is 0 Å². The van der Waals surface area contributed by atoms with Gasteiger partial charge in [0.1, 0.15) is 10.7 Å². The third kappa shape index (κ3) is 2.80. The maximum absolute atomic E-state index is 14.0. The molecule has 0 amide bonds. The van der Waals surface area contributed by atoms with E-state index in [0.717, 1.165) is 10.4 Å². The number of sulfonamides is 1. The number of carboxylic acid groups (broad SMARTS) is 1. The molecule has 7 heteroatoms. The van der Waals surface area contributed by atoms with Gasteiger partial charge in [0.05, 0.1) is 5.92 Å². The molecule has 0 unspecified atom stereocenters. The summed E-state index contributed by atoms with van der Waals surface area (Å²) in [5.41, 5.74) is 0.319. The Balaban J connectivity index is 2.46. The average molecular weight is 315 g/mol. The van der Waals surface area contributed by atoms with Crippen molar-refractivity contribution in [2.75, 3.05) is 6.54 Å². The Morgan fingerprint density at radius 2 is 2.10 bits per heavy atom. The first kappa shape index (κ1) is 15.9. The Labute approximate surface area is 123 Å². The predicted octanol–water partition coefficient (Wildman–Crippen LogP) is 2.01. The molecule has 1 aromatic rings. The molecule has 2 rings (SSSR count). The Morgan fingerprint density at radius 3 is 2.67 bits per heavy atom. The van der Waals surface area contributed by atoms with Crippen molar-refractivity contribution in [3.63, 3.8) is 0 Å². The molecule has 1 heterocycles. The van der Waals surface area contributed by atoms with Gasteiger partial charge < -0.3 is 5.11 Å². The van der Waals surface area contributed by atoms with Crippen molar-refractivity contribution in [3.05, 3.63) is 29.6 Å². The van der Waals surface area contributed by atoms with Gasteiger partial charge in [0, 0.05) is 12.6 Å². The number of aryl methyl sites for hydroxylation is 1. The normalized spacial score (nSPS) is 24.0. The van der Waals surface area contributed by atoms with Crippen LogP contribution in [0.4, 0.5) is 4.39 Å². The zero-order valence-electron chi connectivity index (χ0n) is 11.9. The predicted molar refractivity (Wildman–Crippen MR) is 74.9 cm³/mol. The number of benzene rings is 1. The first-order chi connectivity index (χ1) is 9.76. The Bertz CT molecular complexity index is 639. The van der Waals surface area contributed by atoms with Crippen molar-refractivity contribution in [1.29, 1.82) is 0 Å². The van der Waals surface area contributed by atoms with Gasteiger partial charge in [-0.15, -0.1) is 0 Å². The molecule has 0 aromatic heterocycles. The molecule has 1 aromatic carbocycles. The SMILES string of the molecule is Cc1cccc(F)c1S(=O)(=O)N1CCC[C@@H](C(=O)O)[C@H]1C. The summed E-state index contributed by atoms with van der Waals surface area (Å²) in [6, 6.07) is 3.38. The molecule has 1 fully saturated rings. The van der Waals surface area contributed by atoms with Gasteiger partial charge >= 0.3 is 5.97 Å². The number of rotatable bonds is 3. The fourth-order valence-corrected chi connectivity index (χ4v) is 4.82. The van der Waals surface area contributed by atoms with E-state index in [9.17, 15) is 22.7 Å². The zero-order valence-corrected chi connectivity index (χ0v) is 12.7. The molecule has 0 aliphatic carbocycles. The van der Waals surface area contributed by atoms with E-state index in [-0.39, 0.29) is 11.4 Å². The molecule has 5 nitrogen and oxygen atoms in total. The lowest BCUT2D eigenvalue weighted by molar-refractivity contribution is -0.144. The van der Waals surface area contributed by atoms with Gasteiger partial charge in [-0.25, -0.2) is 12.8 Å². The summed E-state index contributed by atoms with van der Waals surface area (Å²) < 4.78 is 40.5. The van der Waals surface area contributed by atoms with Crippen molar-refractivity contribution in [1.82, 2.24) is 4.31 Å². The number of carbonyl (C=O) groups is 1. The monoisotopic (exact) mass is 315 g/mol. The van der Waals surface area contributed by atoms with Crippen LogP contribution in [0.1, 0.15) is 25.3 Å². The molecule has 0 radical (unpaired) electrons. The van der Waals surface area contributed by atoms with Gasteiger partial charge in [0.2, 0.25) is 10.0 Å². The van der Waals surface area contributed by atoms with Crippen LogP contribution in [0.15, 0.2) is 23.1 Å². The lowest BCUT2D eigenvalue weighted by atomic mass is 9.92. The van der Waals surface area contributed by atoms with Gasteiger partial charge in [0.25, 0.3) is 0 Å². The largest absolute Gasteiger partial charge is 0.481 e. The van der Waals surface area contributed by atoms with Crippen LogP contribution >= 0.6 is 0 Å². The van der Waals surface area contributed by atoms with Crippen LogP contribution in [0.2, 0.25) is 0 Å². The molecule has 116 valence electrons. The highest BCUT2D eigenvalue weighted by Crippen LogP contribution is 2.31. The minimum Gasteiger partial charge on any atom is -0.481 e. The quantitative estimate of drug-likeness (QED) is 0.926. The summed E-state index contributed by atoms with van der Waals surface area (Å²) in [5.74, 6) is -2.59. The first-order valence-electron chi connectivity index (χ1n) is 6.76. The molecule has 0 saturated carbocycles. The zero-order chi connectivity index (χ0) is 15.8. The van der Waals surface area contributed by atoms with Crippen molar-refractivity contribution < 1.29 is 22.7 Å². The fourth-order valence-electron chi connectivity index (χ4n) is 2.84. The summed E-state index contributed by atoms with van der Waals surface area (Å²) in [4.78, 5) is 10.9. The highest BCUT2D eigenvalue weighted by molar-refractivity contribution is 7.89. The van der Waals surface area contributed by atoms with Crippen LogP contribution in [0.3, 0.4) is 0 Å². The number of aliphatic carboxylic acids is 1. The van der Waals surface area contributed by atoms with E-state index in [1.165, 1.54) is 19.1 Å². The Morgan fingerprint density at radius 1 is 1.43 bits per heavy atom. The average Bonchev–Trinajstić information content (AvgIpc) is 2.37. The molecule has 1 N–H and O–H groups in total. The third-order valence-corrected chi connectivity index (χ3v) is 6.14. The van der Waals surface area contributed by atoms with Crippen molar-refractivity contribution >= 4 is 16.0 Å². The third-order valence-electron chi connectivity index (χ3n) is 3.98. The summed E-state index contributed by atoms with van der Waals surface area (Å²) in [7, 11) is -4.04. The van der Waals surface area contributed by atoms with Crippen LogP contribution in [0.25, 0.3) is 0 Å². The molecular weight excluding hydrogens is 297 g/mol. The van der Waals surface area contributed by atoms with E-state index in [1.807, 2.05) is 0 Å². The van der Waals surface area contributed by atoms with Crippen LogP contribution < -0.4 is 0 Å². The summed E-state index contributed by atoms with van der Waals surface area (Å²) in [6.45, 7) is 3.30. The van der Waals surface area contributed by atoms with Gasteiger partial charge in [-0.05, 0) is 38.3 Å². The second kappa shape index (κ2) is 5.73. The van der Waals surface area contributed by atoms with Gasteiger partial charge in [-0.2, -0.15) is 4.31 Å². The van der Waals surface area contributed by atoms with Crippen molar-refractivity contribution in [2.45, 2.75) is 37.6 Å². The summed E-state index contributed by atoms with van der Waals surface area (Å²) in [6.07, 6.45) is 0.882. The van der Waals surface area contributed by atoms with Crippen LogP contribution in [0, 0.1) is 18.7 Å². The highest BCUT2D eigenvalue weighted by atomic mass is 32.2. The Hall–Kier alpha value is -1.47. The van der Waals surface area contributed by atoms with Crippen molar-refractivity contribution in [3.8, 4) is 0 Å². The van der Waals surface area contributed by atoms with E-state index in [1.54, 1.807) is 6.92 Å². The topological polar surface area (TPSA) is 74.7 Å². The van der Waals surface area contributed by atoms with E-state index < -0.39 is 33.8 Å². The Kier molecular flexibility index (Phi) is 4.34. The maximum Gasteiger partial charge on any atom is 0.308 e. The molecule has 1 aliphatic rings. The molecule has 2 atom stereocenters. The highest BCUT2D eigenvalue weighted by Gasteiger charge is 2.40. The number of nitrogens with zero attached hydrogens (tertiary/aromatic N) is 1. The maximum atomic E-state index is 14.0. The van der Waals surface area contributed by atoms with Crippen molar-refractivity contribution in [2.24, 2.45) is 5.92 Å². The summed E-state index contributed by atoms with van der Waals surface area (Å²) in [5, 5.41) is 9.18. The first-order valence-corrected chi connectivity index (χ1v) is 8.20. The van der Waals surface area contributed by atoms with Gasteiger partial charge in [0.15, 0.2) is 0 Å². The minimum absolute atomic E-state index is 0.209. The number of hydrogen-bond acceptors (Lipinski definition) is 3. The smallest absolute Gasteiger partial charge is 0.308 e. The molecule has 1 saturated heterocycles. The van der Waals surface area contributed by atoms with Crippen LogP contribution in [0.5, 0.6) is 0 Å². The molecule has 21 heavy (non-hydrogen) atoms. The van der Waals surface area contributed by atoms with Crippen LogP contribution in [-0.4, -0.2) is 36.4 Å². The number of carboxylic acids is 1. The number of hydrogen-bond donors (Lipinski definition) is 1. The molecular formula is C14H18FNO4S. The molecule has 1 aliphatic heterocycles. The van der Waals surface area contributed by atoms with Gasteiger partial charge in [-0.1, -0.05) is 12.1 Å². The van der Waals surface area contributed by atoms with Gasteiger partial charge in [-0.3, -0.25) is 4.79 Å². The van der Waals surface area contributed by atoms with E-state index in [0.29, 0.717) is 18.4 Å². The number of piperidine rings is 1. The van der Waals surface area contributed by atoms with E-state index >= 15 is 0 Å². The number of halogens is 1. The van der Waals surface area contributed by atoms with Crippen LogP contribution in [-0.2, 0) is 14.8 Å². The molecule has 0 bridgehead atoms. The summed E-state index contributed by atoms with van der Waals surface area (Å²) >= 11 is 0. The van der Waals surface area contributed by atoms with E-state index in [4.69, 9.17) is 0 Å².